The van der Waals surface area contributed by atoms with E-state index in [-0.39, 0.29) is 13.1 Å². The van der Waals surface area contributed by atoms with Gasteiger partial charge in [0.25, 0.3) is 0 Å². The Labute approximate surface area is 93.3 Å². The molecule has 2 N–H and O–H groups in total. The SMILES string of the molecule is CC(O)CO.O=COC(=O)c1ccccc1. The molecule has 88 valence electrons. The first kappa shape index (κ1) is 14.3. The van der Waals surface area contributed by atoms with Gasteiger partial charge in [0, 0.05) is 0 Å². The number of aliphatic hydroxyl groups excluding tert-OH is 2. The van der Waals surface area contributed by atoms with Crippen LogP contribution >= 0.6 is 0 Å². The van der Waals surface area contributed by atoms with E-state index in [9.17, 15) is 9.59 Å². The van der Waals surface area contributed by atoms with E-state index >= 15 is 0 Å². The second-order valence-electron chi connectivity index (χ2n) is 2.90. The number of aliphatic hydroxyl groups is 2. The molecular weight excluding hydrogens is 212 g/mol. The molecular formula is C11H14O5. The Hall–Kier alpha value is -1.72. The molecule has 0 amide bonds. The van der Waals surface area contributed by atoms with Gasteiger partial charge in [0.15, 0.2) is 0 Å². The van der Waals surface area contributed by atoms with Crippen LogP contribution in [-0.4, -0.2) is 35.4 Å². The van der Waals surface area contributed by atoms with Crippen molar-refractivity contribution in [1.82, 2.24) is 0 Å². The van der Waals surface area contributed by atoms with Gasteiger partial charge in [-0.2, -0.15) is 0 Å². The molecule has 0 radical (unpaired) electrons. The molecule has 0 bridgehead atoms. The Balaban J connectivity index is 0.000000385. The van der Waals surface area contributed by atoms with Crippen molar-refractivity contribution in [2.45, 2.75) is 13.0 Å². The summed E-state index contributed by atoms with van der Waals surface area (Å²) in [5.74, 6) is -0.624. The van der Waals surface area contributed by atoms with Gasteiger partial charge in [-0.25, -0.2) is 4.79 Å². The van der Waals surface area contributed by atoms with Crippen LogP contribution in [0.5, 0.6) is 0 Å². The van der Waals surface area contributed by atoms with E-state index in [1.165, 1.54) is 6.92 Å². The van der Waals surface area contributed by atoms with Crippen molar-refractivity contribution in [2.75, 3.05) is 6.61 Å². The Morgan fingerprint density at radius 3 is 2.31 bits per heavy atom. The number of carbonyl (C=O) groups excluding carboxylic acids is 2. The van der Waals surface area contributed by atoms with E-state index in [0.717, 1.165) is 0 Å². The standard InChI is InChI=1S/C8H6O3.C3H8O2/c9-6-11-8(10)7-4-2-1-3-5-7;1-3(5)2-4/h1-6H;3-5H,2H2,1H3. The summed E-state index contributed by atoms with van der Waals surface area (Å²) in [5.41, 5.74) is 0.375. The van der Waals surface area contributed by atoms with E-state index in [4.69, 9.17) is 10.2 Å². The highest BCUT2D eigenvalue weighted by Gasteiger charge is 2.03. The summed E-state index contributed by atoms with van der Waals surface area (Å²) >= 11 is 0. The van der Waals surface area contributed by atoms with Crippen molar-refractivity contribution in [3.63, 3.8) is 0 Å². The van der Waals surface area contributed by atoms with Crippen LogP contribution in [0, 0.1) is 0 Å². The average molecular weight is 226 g/mol. The molecule has 0 saturated heterocycles. The number of hydrogen-bond acceptors (Lipinski definition) is 5. The molecule has 0 fully saturated rings. The Kier molecular flexibility index (Phi) is 7.66. The topological polar surface area (TPSA) is 83.8 Å². The first-order valence-electron chi connectivity index (χ1n) is 4.60. The average Bonchev–Trinajstić information content (AvgIpc) is 2.31. The smallest absolute Gasteiger partial charge is 0.345 e. The largest absolute Gasteiger partial charge is 0.394 e. The molecule has 0 saturated carbocycles. The van der Waals surface area contributed by atoms with Crippen LogP contribution in [0.15, 0.2) is 30.3 Å². The predicted octanol–water partition coefficient (Wildman–Crippen LogP) is 0.359. The van der Waals surface area contributed by atoms with Crippen LogP contribution in [0.3, 0.4) is 0 Å². The van der Waals surface area contributed by atoms with Crippen LogP contribution in [0.2, 0.25) is 0 Å². The fourth-order valence-electron chi connectivity index (χ4n) is 0.686. The predicted molar refractivity (Wildman–Crippen MR) is 56.7 cm³/mol. The summed E-state index contributed by atoms with van der Waals surface area (Å²) in [4.78, 5) is 20.5. The molecule has 0 aliphatic heterocycles. The molecule has 1 rings (SSSR count). The van der Waals surface area contributed by atoms with Gasteiger partial charge in [-0.15, -0.1) is 0 Å². The highest BCUT2D eigenvalue weighted by Crippen LogP contribution is 1.99. The summed E-state index contributed by atoms with van der Waals surface area (Å²) in [5, 5.41) is 16.0. The van der Waals surface area contributed by atoms with Crippen molar-refractivity contribution in [3.8, 4) is 0 Å². The molecule has 0 heterocycles. The third-order valence-corrected chi connectivity index (χ3v) is 1.43. The zero-order valence-corrected chi connectivity index (χ0v) is 8.87. The minimum Gasteiger partial charge on any atom is -0.394 e. The maximum atomic E-state index is 10.8. The van der Waals surface area contributed by atoms with Crippen LogP contribution in [0.1, 0.15) is 17.3 Å². The summed E-state index contributed by atoms with van der Waals surface area (Å²) in [6, 6.07) is 8.32. The molecule has 5 nitrogen and oxygen atoms in total. The van der Waals surface area contributed by atoms with Crippen LogP contribution in [-0.2, 0) is 9.53 Å². The summed E-state index contributed by atoms with van der Waals surface area (Å²) in [7, 11) is 0. The normalized spacial score (nSPS) is 10.7. The number of carbonyl (C=O) groups is 2. The molecule has 0 aliphatic carbocycles. The molecule has 1 aromatic rings. The highest BCUT2D eigenvalue weighted by atomic mass is 16.6. The maximum Gasteiger partial charge on any atom is 0.345 e. The summed E-state index contributed by atoms with van der Waals surface area (Å²) in [6.07, 6.45) is -0.560. The van der Waals surface area contributed by atoms with Crippen LogP contribution in [0.25, 0.3) is 0 Å². The Morgan fingerprint density at radius 1 is 1.44 bits per heavy atom. The van der Waals surface area contributed by atoms with Crippen molar-refractivity contribution in [3.05, 3.63) is 35.9 Å². The lowest BCUT2D eigenvalue weighted by molar-refractivity contribution is -0.123. The number of rotatable bonds is 3. The highest BCUT2D eigenvalue weighted by molar-refractivity contribution is 5.92. The number of esters is 1. The van der Waals surface area contributed by atoms with Crippen molar-refractivity contribution < 1.29 is 24.5 Å². The van der Waals surface area contributed by atoms with Gasteiger partial charge >= 0.3 is 12.4 Å². The van der Waals surface area contributed by atoms with Gasteiger partial charge in [-0.1, -0.05) is 18.2 Å². The van der Waals surface area contributed by atoms with E-state index < -0.39 is 12.1 Å². The van der Waals surface area contributed by atoms with Gasteiger partial charge in [-0.05, 0) is 19.1 Å². The second-order valence-corrected chi connectivity index (χ2v) is 2.90. The third kappa shape index (κ3) is 6.69. The monoisotopic (exact) mass is 226 g/mol. The molecule has 1 atom stereocenters. The fourth-order valence-corrected chi connectivity index (χ4v) is 0.686. The first-order valence-corrected chi connectivity index (χ1v) is 4.60. The zero-order chi connectivity index (χ0) is 12.4. The fraction of sp³-hybridized carbons (Fsp3) is 0.273. The Morgan fingerprint density at radius 2 is 1.94 bits per heavy atom. The zero-order valence-electron chi connectivity index (χ0n) is 8.87. The molecule has 16 heavy (non-hydrogen) atoms. The number of benzene rings is 1. The van der Waals surface area contributed by atoms with Crippen molar-refractivity contribution in [2.24, 2.45) is 0 Å². The summed E-state index contributed by atoms with van der Waals surface area (Å²) < 4.78 is 4.11. The Bertz CT molecular complexity index is 307. The van der Waals surface area contributed by atoms with E-state index in [1.54, 1.807) is 30.3 Å². The first-order chi connectivity index (χ1) is 7.61. The second kappa shape index (κ2) is 8.58. The molecule has 0 aliphatic rings. The van der Waals surface area contributed by atoms with Gasteiger partial charge in [0.05, 0.1) is 18.3 Å². The molecule has 5 heteroatoms. The van der Waals surface area contributed by atoms with E-state index in [0.29, 0.717) is 5.56 Å². The van der Waals surface area contributed by atoms with Gasteiger partial charge < -0.3 is 14.9 Å². The van der Waals surface area contributed by atoms with E-state index in [1.807, 2.05) is 0 Å². The lowest BCUT2D eigenvalue weighted by Crippen LogP contribution is -2.03. The van der Waals surface area contributed by atoms with Gasteiger partial charge in [0.1, 0.15) is 0 Å². The quantitative estimate of drug-likeness (QED) is 0.441. The van der Waals surface area contributed by atoms with Gasteiger partial charge in [0.2, 0.25) is 0 Å². The maximum absolute atomic E-state index is 10.8. The molecule has 0 aromatic heterocycles. The van der Waals surface area contributed by atoms with Gasteiger partial charge in [-0.3, -0.25) is 4.79 Å². The van der Waals surface area contributed by atoms with Crippen molar-refractivity contribution >= 4 is 12.4 Å². The van der Waals surface area contributed by atoms with E-state index in [2.05, 4.69) is 4.74 Å². The number of ether oxygens (including phenoxy) is 1. The lowest BCUT2D eigenvalue weighted by atomic mass is 10.2. The molecule has 1 unspecified atom stereocenters. The third-order valence-electron chi connectivity index (χ3n) is 1.43. The van der Waals surface area contributed by atoms with Crippen molar-refractivity contribution in [1.29, 1.82) is 0 Å². The van der Waals surface area contributed by atoms with Crippen LogP contribution < -0.4 is 0 Å². The minimum atomic E-state index is -0.624. The minimum absolute atomic E-state index is 0.120. The van der Waals surface area contributed by atoms with Crippen LogP contribution in [0.4, 0.5) is 0 Å². The summed E-state index contributed by atoms with van der Waals surface area (Å²) in [6.45, 7) is 1.51. The number of hydrogen-bond donors (Lipinski definition) is 2. The molecule has 0 spiro atoms. The molecule has 1 aromatic carbocycles. The lowest BCUT2D eigenvalue weighted by Gasteiger charge is -1.94.